The van der Waals surface area contributed by atoms with Gasteiger partial charge in [-0.3, -0.25) is 19.4 Å². The molecule has 2 N–H and O–H groups in total. The Morgan fingerprint density at radius 3 is 2.57 bits per heavy atom. The summed E-state index contributed by atoms with van der Waals surface area (Å²) in [6.45, 7) is 4.57. The summed E-state index contributed by atoms with van der Waals surface area (Å²) >= 11 is 1.46. The van der Waals surface area contributed by atoms with Crippen molar-refractivity contribution in [2.24, 2.45) is 0 Å². The third-order valence-electron chi connectivity index (χ3n) is 5.33. The van der Waals surface area contributed by atoms with E-state index in [1.165, 1.54) is 11.8 Å². The molecule has 0 bridgehead atoms. The second kappa shape index (κ2) is 8.83. The number of rotatable bonds is 6. The second-order valence-electron chi connectivity index (χ2n) is 7.41. The fourth-order valence-corrected chi connectivity index (χ4v) is 4.63. The molecule has 156 valence electrons. The molecule has 30 heavy (non-hydrogen) atoms. The van der Waals surface area contributed by atoms with Gasteiger partial charge in [-0.2, -0.15) is 0 Å². The molecule has 4 rings (SSSR count). The van der Waals surface area contributed by atoms with Crippen LogP contribution < -0.4 is 15.6 Å². The molecule has 3 aromatic rings. The van der Waals surface area contributed by atoms with E-state index in [-0.39, 0.29) is 22.8 Å². The SMILES string of the molecule is CCC(C)n1[nH]c(=O)c2c1NC(=O)CSC2c1ccc(OCc2ccccc2)cc1. The van der Waals surface area contributed by atoms with Gasteiger partial charge in [0.1, 0.15) is 18.2 Å². The Kier molecular flexibility index (Phi) is 5.99. The normalized spacial score (nSPS) is 17.0. The summed E-state index contributed by atoms with van der Waals surface area (Å²) in [4.78, 5) is 25.1. The van der Waals surface area contributed by atoms with E-state index in [0.717, 1.165) is 23.3 Å². The lowest BCUT2D eigenvalue weighted by atomic mass is 10.1. The third-order valence-corrected chi connectivity index (χ3v) is 6.60. The molecule has 2 atom stereocenters. The molecule has 0 saturated heterocycles. The lowest BCUT2D eigenvalue weighted by molar-refractivity contribution is -0.113. The zero-order chi connectivity index (χ0) is 21.1. The molecule has 6 nitrogen and oxygen atoms in total. The predicted molar refractivity (Wildman–Crippen MR) is 120 cm³/mol. The Bertz CT molecular complexity index is 1070. The van der Waals surface area contributed by atoms with Crippen molar-refractivity contribution in [1.29, 1.82) is 0 Å². The molecule has 2 aromatic carbocycles. The number of fused-ring (bicyclic) bond motifs is 1. The number of carbonyl (C=O) groups is 1. The van der Waals surface area contributed by atoms with Gasteiger partial charge in [0.25, 0.3) is 5.56 Å². The first-order chi connectivity index (χ1) is 14.6. The van der Waals surface area contributed by atoms with Gasteiger partial charge in [-0.1, -0.05) is 49.4 Å². The molecule has 0 radical (unpaired) electrons. The van der Waals surface area contributed by atoms with Crippen LogP contribution in [-0.2, 0) is 11.4 Å². The number of hydrogen-bond donors (Lipinski definition) is 2. The maximum Gasteiger partial charge on any atom is 0.270 e. The Hall–Kier alpha value is -2.93. The summed E-state index contributed by atoms with van der Waals surface area (Å²) < 4.78 is 7.66. The minimum Gasteiger partial charge on any atom is -0.489 e. The van der Waals surface area contributed by atoms with Crippen LogP contribution >= 0.6 is 11.8 Å². The highest BCUT2D eigenvalue weighted by atomic mass is 32.2. The smallest absolute Gasteiger partial charge is 0.270 e. The average molecular weight is 424 g/mol. The van der Waals surface area contributed by atoms with Crippen LogP contribution in [0.25, 0.3) is 0 Å². The second-order valence-corrected chi connectivity index (χ2v) is 8.51. The average Bonchev–Trinajstić information content (AvgIpc) is 2.98. The van der Waals surface area contributed by atoms with Crippen LogP contribution in [0, 0.1) is 0 Å². The zero-order valence-electron chi connectivity index (χ0n) is 17.1. The predicted octanol–water partition coefficient (Wildman–Crippen LogP) is 4.50. The quantitative estimate of drug-likeness (QED) is 0.612. The van der Waals surface area contributed by atoms with Crippen molar-refractivity contribution >= 4 is 23.5 Å². The van der Waals surface area contributed by atoms with Crippen LogP contribution in [0.5, 0.6) is 5.75 Å². The van der Waals surface area contributed by atoms with Crippen molar-refractivity contribution < 1.29 is 9.53 Å². The first-order valence-electron chi connectivity index (χ1n) is 10.1. The summed E-state index contributed by atoms with van der Waals surface area (Å²) in [7, 11) is 0. The van der Waals surface area contributed by atoms with Crippen LogP contribution in [0.2, 0.25) is 0 Å². The number of aromatic nitrogens is 2. The van der Waals surface area contributed by atoms with Crippen molar-refractivity contribution in [2.45, 2.75) is 38.2 Å². The molecule has 0 aliphatic carbocycles. The monoisotopic (exact) mass is 423 g/mol. The summed E-state index contributed by atoms with van der Waals surface area (Å²) in [5.41, 5.74) is 2.52. The molecule has 1 aromatic heterocycles. The lowest BCUT2D eigenvalue weighted by Crippen LogP contribution is -2.18. The van der Waals surface area contributed by atoms with Gasteiger partial charge >= 0.3 is 0 Å². The molecule has 7 heteroatoms. The Morgan fingerprint density at radius 1 is 1.13 bits per heavy atom. The molecule has 2 unspecified atom stereocenters. The van der Waals surface area contributed by atoms with Gasteiger partial charge in [-0.25, -0.2) is 0 Å². The molecular formula is C23H25N3O3S. The van der Waals surface area contributed by atoms with Crippen molar-refractivity contribution in [2.75, 3.05) is 11.1 Å². The first kappa shape index (κ1) is 20.3. The standard InChI is InChI=1S/C23H25N3O3S/c1-3-15(2)26-22-20(23(28)25-26)21(30-14-19(27)24-22)17-9-11-18(12-10-17)29-13-16-7-5-4-6-8-16/h4-12,15,21H,3,13-14H2,1-2H3,(H,24,27)(H,25,28). The highest BCUT2D eigenvalue weighted by Gasteiger charge is 2.31. The number of carbonyl (C=O) groups excluding carboxylic acids is 1. The van der Waals surface area contributed by atoms with Crippen molar-refractivity contribution in [3.63, 3.8) is 0 Å². The molecule has 1 aliphatic heterocycles. The Labute approximate surface area is 179 Å². The summed E-state index contributed by atoms with van der Waals surface area (Å²) in [5, 5.41) is 5.61. The van der Waals surface area contributed by atoms with Crippen molar-refractivity contribution in [3.8, 4) is 5.75 Å². The van der Waals surface area contributed by atoms with E-state index in [1.54, 1.807) is 4.68 Å². The number of hydrogen-bond acceptors (Lipinski definition) is 4. The third kappa shape index (κ3) is 4.16. The topological polar surface area (TPSA) is 76.1 Å². The molecule has 0 spiro atoms. The fraction of sp³-hybridized carbons (Fsp3) is 0.304. The Morgan fingerprint density at radius 2 is 1.87 bits per heavy atom. The molecule has 1 aliphatic rings. The van der Waals surface area contributed by atoms with Crippen LogP contribution in [0.1, 0.15) is 48.3 Å². The van der Waals surface area contributed by atoms with Gasteiger partial charge in [-0.05, 0) is 36.6 Å². The Balaban J connectivity index is 1.60. The molecule has 0 fully saturated rings. The fourth-order valence-electron chi connectivity index (χ4n) is 3.50. The van der Waals surface area contributed by atoms with E-state index >= 15 is 0 Å². The number of anilines is 1. The van der Waals surface area contributed by atoms with Gasteiger partial charge < -0.3 is 10.1 Å². The van der Waals surface area contributed by atoms with Crippen LogP contribution in [-0.4, -0.2) is 21.4 Å². The first-order valence-corrected chi connectivity index (χ1v) is 11.1. The maximum absolute atomic E-state index is 12.8. The number of nitrogens with zero attached hydrogens (tertiary/aromatic N) is 1. The largest absolute Gasteiger partial charge is 0.489 e. The van der Waals surface area contributed by atoms with E-state index in [0.29, 0.717) is 23.7 Å². The van der Waals surface area contributed by atoms with Crippen LogP contribution in [0.4, 0.5) is 5.82 Å². The number of thioether (sulfide) groups is 1. The zero-order valence-corrected chi connectivity index (χ0v) is 17.9. The molecule has 1 amide bonds. The minimum absolute atomic E-state index is 0.0827. The van der Waals surface area contributed by atoms with E-state index in [9.17, 15) is 9.59 Å². The van der Waals surface area contributed by atoms with Gasteiger partial charge in [0, 0.05) is 6.04 Å². The lowest BCUT2D eigenvalue weighted by Gasteiger charge is -2.16. The highest BCUT2D eigenvalue weighted by molar-refractivity contribution is 8.00. The van der Waals surface area contributed by atoms with E-state index in [2.05, 4.69) is 10.4 Å². The molecule has 0 saturated carbocycles. The summed E-state index contributed by atoms with van der Waals surface area (Å²) in [6, 6.07) is 17.9. The van der Waals surface area contributed by atoms with E-state index < -0.39 is 0 Å². The van der Waals surface area contributed by atoms with Crippen LogP contribution in [0.15, 0.2) is 59.4 Å². The molecule has 2 heterocycles. The van der Waals surface area contributed by atoms with Gasteiger partial charge in [-0.15, -0.1) is 11.8 Å². The number of H-pyrrole nitrogens is 1. The van der Waals surface area contributed by atoms with Crippen LogP contribution in [0.3, 0.4) is 0 Å². The number of aromatic amines is 1. The number of nitrogens with one attached hydrogen (secondary N) is 2. The highest BCUT2D eigenvalue weighted by Crippen LogP contribution is 2.40. The van der Waals surface area contributed by atoms with Gasteiger partial charge in [0.15, 0.2) is 0 Å². The summed E-state index contributed by atoms with van der Waals surface area (Å²) in [5.74, 6) is 1.55. The number of ether oxygens (including phenoxy) is 1. The van der Waals surface area contributed by atoms with E-state index in [4.69, 9.17) is 4.74 Å². The summed E-state index contributed by atoms with van der Waals surface area (Å²) in [6.07, 6.45) is 0.845. The minimum atomic E-state index is -0.226. The molecular weight excluding hydrogens is 398 g/mol. The van der Waals surface area contributed by atoms with E-state index in [1.807, 2.05) is 68.4 Å². The number of benzene rings is 2. The maximum atomic E-state index is 12.8. The van der Waals surface area contributed by atoms with Crippen molar-refractivity contribution in [1.82, 2.24) is 9.78 Å². The van der Waals surface area contributed by atoms with Gasteiger partial charge in [0.05, 0.1) is 16.6 Å². The van der Waals surface area contributed by atoms with Gasteiger partial charge in [0.2, 0.25) is 5.91 Å². The van der Waals surface area contributed by atoms with Crippen molar-refractivity contribution in [3.05, 3.63) is 81.6 Å². The number of amides is 1.